The molecule has 0 fully saturated rings. The molecular weight excluding hydrogens is 272 g/mol. The van der Waals surface area contributed by atoms with Gasteiger partial charge in [-0.1, -0.05) is 30.3 Å². The number of esters is 2. The number of methoxy groups -OCH3 is 2. The Bertz CT molecular complexity index is 567. The summed E-state index contributed by atoms with van der Waals surface area (Å²) >= 11 is 0. The molecule has 6 heteroatoms. The van der Waals surface area contributed by atoms with Crippen LogP contribution >= 0.6 is 0 Å². The molecule has 1 atom stereocenters. The van der Waals surface area contributed by atoms with Gasteiger partial charge < -0.3 is 14.4 Å². The van der Waals surface area contributed by atoms with Gasteiger partial charge in [-0.25, -0.2) is 14.6 Å². The summed E-state index contributed by atoms with van der Waals surface area (Å²) in [5, 5.41) is 0. The van der Waals surface area contributed by atoms with E-state index >= 15 is 0 Å². The van der Waals surface area contributed by atoms with Gasteiger partial charge >= 0.3 is 11.9 Å². The van der Waals surface area contributed by atoms with Crippen LogP contribution in [0.3, 0.4) is 0 Å². The van der Waals surface area contributed by atoms with E-state index in [0.29, 0.717) is 5.84 Å². The molecule has 0 bridgehead atoms. The molecule has 6 nitrogen and oxygen atoms in total. The lowest BCUT2D eigenvalue weighted by molar-refractivity contribution is -0.163. The van der Waals surface area contributed by atoms with Gasteiger partial charge in [-0.3, -0.25) is 0 Å². The van der Waals surface area contributed by atoms with Crippen molar-refractivity contribution < 1.29 is 19.1 Å². The van der Waals surface area contributed by atoms with Gasteiger partial charge in [0.05, 0.1) is 20.1 Å². The summed E-state index contributed by atoms with van der Waals surface area (Å²) < 4.78 is 9.67. The fraction of sp³-hybridized carbons (Fsp3) is 0.400. The molecule has 0 saturated carbocycles. The number of hydrogen-bond acceptors (Lipinski definition) is 6. The molecule has 0 amide bonds. The largest absolute Gasteiger partial charge is 0.467 e. The minimum Gasteiger partial charge on any atom is -0.467 e. The first-order valence-corrected chi connectivity index (χ1v) is 6.50. The highest BCUT2D eigenvalue weighted by Gasteiger charge is 2.60. The van der Waals surface area contributed by atoms with E-state index in [1.807, 2.05) is 30.3 Å². The van der Waals surface area contributed by atoms with Crippen LogP contribution in [0.4, 0.5) is 0 Å². The third kappa shape index (κ3) is 2.16. The first kappa shape index (κ1) is 15.0. The van der Waals surface area contributed by atoms with Crippen LogP contribution in [0.1, 0.15) is 18.5 Å². The third-order valence-corrected chi connectivity index (χ3v) is 3.74. The van der Waals surface area contributed by atoms with E-state index in [1.54, 1.807) is 18.9 Å². The summed E-state index contributed by atoms with van der Waals surface area (Å²) in [5.74, 6) is -0.890. The highest BCUT2D eigenvalue weighted by Crippen LogP contribution is 2.41. The number of likely N-dealkylation sites (N-methyl/N-ethyl adjacent to an activating group) is 1. The monoisotopic (exact) mass is 290 g/mol. The molecule has 112 valence electrons. The number of ether oxygens (including phenoxy) is 2. The first-order chi connectivity index (χ1) is 9.98. The van der Waals surface area contributed by atoms with Crippen molar-refractivity contribution in [3.63, 3.8) is 0 Å². The molecule has 1 aliphatic heterocycles. The van der Waals surface area contributed by atoms with Gasteiger partial charge in [0.2, 0.25) is 0 Å². The fourth-order valence-electron chi connectivity index (χ4n) is 2.67. The average Bonchev–Trinajstić information content (AvgIpc) is 2.79. The summed E-state index contributed by atoms with van der Waals surface area (Å²) in [6, 6.07) is 8.64. The molecule has 1 unspecified atom stereocenters. The van der Waals surface area contributed by atoms with E-state index in [1.165, 1.54) is 14.2 Å². The zero-order chi connectivity index (χ0) is 15.6. The van der Waals surface area contributed by atoms with E-state index in [9.17, 15) is 9.59 Å². The van der Waals surface area contributed by atoms with Crippen molar-refractivity contribution in [2.24, 2.45) is 4.99 Å². The summed E-state index contributed by atoms with van der Waals surface area (Å²) in [5.41, 5.74) is -0.944. The number of carbonyl (C=O) groups is 2. The van der Waals surface area contributed by atoms with Crippen molar-refractivity contribution in [3.05, 3.63) is 35.9 Å². The molecule has 0 saturated heterocycles. The molecule has 1 aromatic rings. The lowest BCUT2D eigenvalue weighted by Gasteiger charge is -2.32. The maximum absolute atomic E-state index is 12.4. The van der Waals surface area contributed by atoms with E-state index < -0.39 is 23.5 Å². The van der Waals surface area contributed by atoms with Crippen LogP contribution in [0, 0.1) is 0 Å². The highest BCUT2D eigenvalue weighted by atomic mass is 16.5. The maximum Gasteiger partial charge on any atom is 0.348 e. The van der Waals surface area contributed by atoms with E-state index in [0.717, 1.165) is 5.56 Å². The molecule has 0 radical (unpaired) electrons. The molecule has 1 heterocycles. The molecular formula is C15H18N2O4. The number of carbonyl (C=O) groups excluding carboxylic acids is 2. The Balaban J connectivity index is 2.64. The number of aliphatic imine (C=N–C) groups is 1. The van der Waals surface area contributed by atoms with Crippen LogP contribution in [0.15, 0.2) is 35.3 Å². The number of benzene rings is 1. The van der Waals surface area contributed by atoms with Crippen molar-refractivity contribution in [1.82, 2.24) is 4.90 Å². The third-order valence-electron chi connectivity index (χ3n) is 3.74. The Kier molecular flexibility index (Phi) is 3.97. The van der Waals surface area contributed by atoms with Gasteiger partial charge in [0.15, 0.2) is 0 Å². The summed E-state index contributed by atoms with van der Waals surface area (Å²) in [4.78, 5) is 30.8. The van der Waals surface area contributed by atoms with Gasteiger partial charge in [0.1, 0.15) is 6.04 Å². The quantitative estimate of drug-likeness (QED) is 0.617. The molecule has 0 aromatic heterocycles. The zero-order valence-corrected chi connectivity index (χ0v) is 12.5. The van der Waals surface area contributed by atoms with Gasteiger partial charge in [-0.05, 0) is 12.5 Å². The Morgan fingerprint density at radius 1 is 1.14 bits per heavy atom. The van der Waals surface area contributed by atoms with Gasteiger partial charge in [-0.15, -0.1) is 0 Å². The molecule has 0 N–H and O–H groups in total. The summed E-state index contributed by atoms with van der Waals surface area (Å²) in [6.07, 6.45) is 0. The zero-order valence-electron chi connectivity index (χ0n) is 12.5. The molecule has 1 aliphatic rings. The van der Waals surface area contributed by atoms with Gasteiger partial charge in [0.25, 0.3) is 5.54 Å². The lowest BCUT2D eigenvalue weighted by atomic mass is 9.86. The summed E-state index contributed by atoms with van der Waals surface area (Å²) in [7, 11) is 4.25. The van der Waals surface area contributed by atoms with E-state index in [2.05, 4.69) is 4.99 Å². The van der Waals surface area contributed by atoms with E-state index in [-0.39, 0.29) is 0 Å². The van der Waals surface area contributed by atoms with Crippen LogP contribution in [-0.2, 0) is 19.1 Å². The smallest absolute Gasteiger partial charge is 0.348 e. The standard InChI is InChI=1S/C15H18N2O4/c1-10-16-15(13(18)20-3,14(19)21-4)12(17(10)2)11-8-6-5-7-9-11/h5-9,12H,1-4H3. The van der Waals surface area contributed by atoms with Crippen molar-refractivity contribution in [1.29, 1.82) is 0 Å². The topological polar surface area (TPSA) is 68.2 Å². The SMILES string of the molecule is COC(=O)C1(C(=O)OC)N=C(C)N(C)C1c1ccccc1. The fourth-order valence-corrected chi connectivity index (χ4v) is 2.67. The van der Waals surface area contributed by atoms with Gasteiger partial charge in [-0.2, -0.15) is 0 Å². The van der Waals surface area contributed by atoms with Crippen LogP contribution in [-0.4, -0.2) is 49.5 Å². The Morgan fingerprint density at radius 3 is 2.14 bits per heavy atom. The van der Waals surface area contributed by atoms with Crippen LogP contribution in [0.2, 0.25) is 0 Å². The molecule has 0 spiro atoms. The Labute approximate surface area is 123 Å². The molecule has 0 aliphatic carbocycles. The Morgan fingerprint density at radius 2 is 1.67 bits per heavy atom. The van der Waals surface area contributed by atoms with Gasteiger partial charge in [0, 0.05) is 7.05 Å². The van der Waals surface area contributed by atoms with Crippen LogP contribution in [0.25, 0.3) is 0 Å². The predicted molar refractivity (Wildman–Crippen MR) is 76.8 cm³/mol. The van der Waals surface area contributed by atoms with Crippen LogP contribution in [0.5, 0.6) is 0 Å². The van der Waals surface area contributed by atoms with Crippen LogP contribution < -0.4 is 0 Å². The minimum absolute atomic E-state index is 0.569. The van der Waals surface area contributed by atoms with Crippen molar-refractivity contribution >= 4 is 17.8 Å². The highest BCUT2D eigenvalue weighted by molar-refractivity contribution is 6.10. The van der Waals surface area contributed by atoms with Crippen molar-refractivity contribution in [2.45, 2.75) is 18.5 Å². The molecule has 2 rings (SSSR count). The predicted octanol–water partition coefficient (Wildman–Crippen LogP) is 1.18. The van der Waals surface area contributed by atoms with Crippen molar-refractivity contribution in [3.8, 4) is 0 Å². The normalized spacial score (nSPS) is 19.9. The molecule has 1 aromatic carbocycles. The minimum atomic E-state index is -1.73. The number of nitrogens with zero attached hydrogens (tertiary/aromatic N) is 2. The van der Waals surface area contributed by atoms with Crippen molar-refractivity contribution in [2.75, 3.05) is 21.3 Å². The second kappa shape index (κ2) is 5.55. The second-order valence-corrected chi connectivity index (χ2v) is 4.83. The number of amidine groups is 1. The lowest BCUT2D eigenvalue weighted by Crippen LogP contribution is -2.52. The average molecular weight is 290 g/mol. The second-order valence-electron chi connectivity index (χ2n) is 4.83. The Hall–Kier alpha value is -2.37. The number of rotatable bonds is 3. The maximum atomic E-state index is 12.4. The first-order valence-electron chi connectivity index (χ1n) is 6.50. The number of hydrogen-bond donors (Lipinski definition) is 0. The van der Waals surface area contributed by atoms with E-state index in [4.69, 9.17) is 9.47 Å². The molecule has 21 heavy (non-hydrogen) atoms. The summed E-state index contributed by atoms with van der Waals surface area (Å²) in [6.45, 7) is 1.74.